The molecule has 0 amide bonds. The third kappa shape index (κ3) is 3.25. The van der Waals surface area contributed by atoms with Gasteiger partial charge >= 0.3 is 0 Å². The van der Waals surface area contributed by atoms with Gasteiger partial charge in [-0.05, 0) is 31.2 Å². The predicted octanol–water partition coefficient (Wildman–Crippen LogP) is 5.55. The lowest BCUT2D eigenvalue weighted by Crippen LogP contribution is -2.09. The zero-order chi connectivity index (χ0) is 14.0. The Balaban J connectivity index is 2.25. The van der Waals surface area contributed by atoms with Crippen LogP contribution in [0.15, 0.2) is 40.9 Å². The number of hydrogen-bond acceptors (Lipinski definition) is 1. The van der Waals surface area contributed by atoms with Crippen LogP contribution in [0.1, 0.15) is 18.5 Å². The minimum absolute atomic E-state index is 0.263. The lowest BCUT2D eigenvalue weighted by Gasteiger charge is -2.17. The van der Waals surface area contributed by atoms with E-state index in [2.05, 4.69) is 21.2 Å². The van der Waals surface area contributed by atoms with E-state index in [4.69, 9.17) is 11.6 Å². The Kier molecular flexibility index (Phi) is 4.42. The van der Waals surface area contributed by atoms with Gasteiger partial charge in [0.1, 0.15) is 0 Å². The van der Waals surface area contributed by atoms with Crippen molar-refractivity contribution in [1.82, 2.24) is 0 Å². The van der Waals surface area contributed by atoms with Gasteiger partial charge in [0.15, 0.2) is 11.6 Å². The topological polar surface area (TPSA) is 12.0 Å². The fourth-order valence-electron chi connectivity index (χ4n) is 1.77. The minimum Gasteiger partial charge on any atom is -0.377 e. The van der Waals surface area contributed by atoms with Gasteiger partial charge in [0.25, 0.3) is 0 Å². The molecular formula is C14H11BrClF2N. The first-order valence-electron chi connectivity index (χ1n) is 5.64. The first kappa shape index (κ1) is 14.3. The molecule has 2 aromatic carbocycles. The molecule has 19 heavy (non-hydrogen) atoms. The average molecular weight is 347 g/mol. The van der Waals surface area contributed by atoms with Crippen LogP contribution in [0, 0.1) is 11.6 Å². The highest BCUT2D eigenvalue weighted by molar-refractivity contribution is 9.10. The summed E-state index contributed by atoms with van der Waals surface area (Å²) in [5.41, 5.74) is 0.931. The van der Waals surface area contributed by atoms with Gasteiger partial charge in [0, 0.05) is 10.0 Å². The Morgan fingerprint density at radius 3 is 2.63 bits per heavy atom. The second kappa shape index (κ2) is 5.88. The number of nitrogens with one attached hydrogen (secondary N) is 1. The molecule has 0 radical (unpaired) electrons. The summed E-state index contributed by atoms with van der Waals surface area (Å²) in [5.74, 6) is -1.69. The lowest BCUT2D eigenvalue weighted by molar-refractivity contribution is 0.494. The summed E-state index contributed by atoms with van der Waals surface area (Å²) in [4.78, 5) is 0. The molecule has 0 aromatic heterocycles. The number of halogens is 4. The molecule has 0 saturated carbocycles. The van der Waals surface area contributed by atoms with Crippen molar-refractivity contribution in [2.45, 2.75) is 13.0 Å². The van der Waals surface area contributed by atoms with Crippen molar-refractivity contribution in [1.29, 1.82) is 0 Å². The summed E-state index contributed by atoms with van der Waals surface area (Å²) in [5, 5.41) is 3.57. The summed E-state index contributed by atoms with van der Waals surface area (Å²) in [6, 6.07) is 9.06. The highest BCUT2D eigenvalue weighted by Gasteiger charge is 2.15. The number of rotatable bonds is 3. The second-order valence-electron chi connectivity index (χ2n) is 4.13. The third-order valence-corrected chi connectivity index (χ3v) is 3.56. The van der Waals surface area contributed by atoms with Crippen LogP contribution < -0.4 is 5.32 Å². The highest BCUT2D eigenvalue weighted by Crippen LogP contribution is 2.29. The van der Waals surface area contributed by atoms with Crippen molar-refractivity contribution in [3.8, 4) is 0 Å². The molecule has 0 aliphatic carbocycles. The molecule has 1 unspecified atom stereocenters. The smallest absolute Gasteiger partial charge is 0.164 e. The van der Waals surface area contributed by atoms with E-state index in [0.717, 1.165) is 10.5 Å². The van der Waals surface area contributed by atoms with Gasteiger partial charge in [0.2, 0.25) is 0 Å². The largest absolute Gasteiger partial charge is 0.377 e. The van der Waals surface area contributed by atoms with Crippen molar-refractivity contribution < 1.29 is 8.78 Å². The van der Waals surface area contributed by atoms with Crippen LogP contribution in [0.3, 0.4) is 0 Å². The molecule has 2 rings (SSSR count). The van der Waals surface area contributed by atoms with E-state index in [1.54, 1.807) is 25.1 Å². The van der Waals surface area contributed by atoms with E-state index in [9.17, 15) is 8.78 Å². The van der Waals surface area contributed by atoms with Crippen LogP contribution in [-0.2, 0) is 0 Å². The number of hydrogen-bond donors (Lipinski definition) is 1. The summed E-state index contributed by atoms with van der Waals surface area (Å²) >= 11 is 9.38. The highest BCUT2D eigenvalue weighted by atomic mass is 79.9. The zero-order valence-electron chi connectivity index (χ0n) is 10.1. The van der Waals surface area contributed by atoms with Gasteiger partial charge in [0.05, 0.1) is 16.8 Å². The van der Waals surface area contributed by atoms with Crippen molar-refractivity contribution in [2.24, 2.45) is 0 Å². The minimum atomic E-state index is -0.854. The maximum absolute atomic E-state index is 13.7. The van der Waals surface area contributed by atoms with Crippen LogP contribution >= 0.6 is 27.5 Å². The molecule has 0 saturated heterocycles. The first-order valence-corrected chi connectivity index (χ1v) is 6.81. The summed E-state index contributed by atoms with van der Waals surface area (Å²) in [6.45, 7) is 1.75. The summed E-state index contributed by atoms with van der Waals surface area (Å²) < 4.78 is 27.7. The SMILES string of the molecule is CC(Nc1ccc(Br)cc1Cl)c1cccc(F)c1F. The van der Waals surface area contributed by atoms with E-state index in [0.29, 0.717) is 10.7 Å². The van der Waals surface area contributed by atoms with Gasteiger partial charge in [-0.15, -0.1) is 0 Å². The third-order valence-electron chi connectivity index (χ3n) is 2.75. The van der Waals surface area contributed by atoms with Crippen LogP contribution in [0.25, 0.3) is 0 Å². The van der Waals surface area contributed by atoms with Gasteiger partial charge in [-0.25, -0.2) is 8.78 Å². The van der Waals surface area contributed by atoms with Gasteiger partial charge in [-0.2, -0.15) is 0 Å². The molecule has 0 heterocycles. The Morgan fingerprint density at radius 2 is 1.95 bits per heavy atom. The Morgan fingerprint density at radius 1 is 1.21 bits per heavy atom. The van der Waals surface area contributed by atoms with Crippen LogP contribution in [-0.4, -0.2) is 0 Å². The molecule has 1 nitrogen and oxygen atoms in total. The predicted molar refractivity (Wildman–Crippen MR) is 77.5 cm³/mol. The quantitative estimate of drug-likeness (QED) is 0.768. The maximum Gasteiger partial charge on any atom is 0.164 e. The van der Waals surface area contributed by atoms with Gasteiger partial charge in [-0.1, -0.05) is 39.7 Å². The van der Waals surface area contributed by atoms with Crippen molar-refractivity contribution in [2.75, 3.05) is 5.32 Å². The van der Waals surface area contributed by atoms with Crippen LogP contribution in [0.4, 0.5) is 14.5 Å². The van der Waals surface area contributed by atoms with E-state index < -0.39 is 17.7 Å². The molecule has 2 aromatic rings. The van der Waals surface area contributed by atoms with E-state index in [-0.39, 0.29) is 5.56 Å². The van der Waals surface area contributed by atoms with Crippen molar-refractivity contribution in [3.05, 3.63) is 63.1 Å². The molecule has 5 heteroatoms. The van der Waals surface area contributed by atoms with E-state index >= 15 is 0 Å². The van der Waals surface area contributed by atoms with Gasteiger partial charge < -0.3 is 5.32 Å². The van der Waals surface area contributed by atoms with Crippen molar-refractivity contribution >= 4 is 33.2 Å². The molecule has 100 valence electrons. The van der Waals surface area contributed by atoms with Crippen molar-refractivity contribution in [3.63, 3.8) is 0 Å². The molecule has 0 fully saturated rings. The maximum atomic E-state index is 13.7. The number of benzene rings is 2. The second-order valence-corrected chi connectivity index (χ2v) is 5.46. The van der Waals surface area contributed by atoms with E-state index in [1.165, 1.54) is 6.07 Å². The normalized spacial score (nSPS) is 12.3. The lowest BCUT2D eigenvalue weighted by atomic mass is 10.1. The molecule has 0 bridgehead atoms. The molecule has 1 N–H and O–H groups in total. The summed E-state index contributed by atoms with van der Waals surface area (Å²) in [6.07, 6.45) is 0. The number of anilines is 1. The molecule has 0 aliphatic rings. The summed E-state index contributed by atoms with van der Waals surface area (Å²) in [7, 11) is 0. The van der Waals surface area contributed by atoms with Crippen LogP contribution in [0.5, 0.6) is 0 Å². The Labute approximate surface area is 123 Å². The molecule has 0 spiro atoms. The molecule has 1 atom stereocenters. The molecular weight excluding hydrogens is 336 g/mol. The Hall–Kier alpha value is -1.13. The van der Waals surface area contributed by atoms with Crippen LogP contribution in [0.2, 0.25) is 5.02 Å². The average Bonchev–Trinajstić information content (AvgIpc) is 2.36. The standard InChI is InChI=1S/C14H11BrClF2N/c1-8(10-3-2-4-12(17)14(10)18)19-13-6-5-9(15)7-11(13)16/h2-8,19H,1H3. The fraction of sp³-hybridized carbons (Fsp3) is 0.143. The van der Waals surface area contributed by atoms with Gasteiger partial charge in [-0.3, -0.25) is 0 Å². The monoisotopic (exact) mass is 345 g/mol. The van der Waals surface area contributed by atoms with E-state index in [1.807, 2.05) is 6.07 Å². The Bertz CT molecular complexity index is 604. The molecule has 0 aliphatic heterocycles. The zero-order valence-corrected chi connectivity index (χ0v) is 12.4. The fourth-order valence-corrected chi connectivity index (χ4v) is 2.50. The first-order chi connectivity index (χ1) is 8.99.